The van der Waals surface area contributed by atoms with Gasteiger partial charge in [0.1, 0.15) is 11.5 Å². The standard InChI is InChI=1S/C23H24N2O5S/c1-16-7-4-5-10-21(16)25-31(27,28)20-9-6-8-17(13-20)23(26)24-15-18-11-12-19(29-2)14-22(18)30-3/h4-14,25H,15H2,1-3H3,(H,24,26). The van der Waals surface area contributed by atoms with Crippen LogP contribution in [0.2, 0.25) is 0 Å². The first-order chi connectivity index (χ1) is 14.8. The van der Waals surface area contributed by atoms with E-state index in [1.165, 1.54) is 25.3 Å². The average molecular weight is 441 g/mol. The number of anilines is 1. The SMILES string of the molecule is COc1ccc(CNC(=O)c2cccc(S(=O)(=O)Nc3ccccc3C)c2)c(OC)c1. The highest BCUT2D eigenvalue weighted by molar-refractivity contribution is 7.92. The fraction of sp³-hybridized carbons (Fsp3) is 0.174. The number of hydrogen-bond acceptors (Lipinski definition) is 5. The minimum Gasteiger partial charge on any atom is -0.497 e. The van der Waals surface area contributed by atoms with E-state index >= 15 is 0 Å². The average Bonchev–Trinajstić information content (AvgIpc) is 2.78. The second-order valence-electron chi connectivity index (χ2n) is 6.81. The molecule has 1 amide bonds. The van der Waals surface area contributed by atoms with Crippen LogP contribution in [0.3, 0.4) is 0 Å². The van der Waals surface area contributed by atoms with Crippen LogP contribution >= 0.6 is 0 Å². The first-order valence-electron chi connectivity index (χ1n) is 9.51. The molecule has 0 radical (unpaired) electrons. The fourth-order valence-corrected chi connectivity index (χ4v) is 4.15. The van der Waals surface area contributed by atoms with Crippen LogP contribution < -0.4 is 19.5 Å². The van der Waals surface area contributed by atoms with Crippen molar-refractivity contribution in [3.8, 4) is 11.5 Å². The van der Waals surface area contributed by atoms with E-state index < -0.39 is 15.9 Å². The number of amides is 1. The minimum absolute atomic E-state index is 0.00503. The molecule has 0 aliphatic heterocycles. The molecule has 3 rings (SSSR count). The van der Waals surface area contributed by atoms with Gasteiger partial charge < -0.3 is 14.8 Å². The lowest BCUT2D eigenvalue weighted by atomic mass is 10.1. The molecule has 0 atom stereocenters. The quantitative estimate of drug-likeness (QED) is 0.557. The third-order valence-corrected chi connectivity index (χ3v) is 6.09. The predicted octanol–water partition coefficient (Wildman–Crippen LogP) is 3.74. The van der Waals surface area contributed by atoms with Crippen molar-refractivity contribution in [1.29, 1.82) is 0 Å². The maximum absolute atomic E-state index is 12.8. The van der Waals surface area contributed by atoms with E-state index in [4.69, 9.17) is 9.47 Å². The highest BCUT2D eigenvalue weighted by Gasteiger charge is 2.17. The maximum atomic E-state index is 12.8. The van der Waals surface area contributed by atoms with Crippen molar-refractivity contribution in [2.75, 3.05) is 18.9 Å². The Balaban J connectivity index is 1.75. The minimum atomic E-state index is -3.84. The van der Waals surface area contributed by atoms with Gasteiger partial charge in [-0.25, -0.2) is 8.42 Å². The zero-order chi connectivity index (χ0) is 22.4. The molecule has 0 bridgehead atoms. The van der Waals surface area contributed by atoms with Crippen LogP contribution in [-0.4, -0.2) is 28.5 Å². The molecule has 0 spiro atoms. The normalized spacial score (nSPS) is 10.9. The van der Waals surface area contributed by atoms with Crippen molar-refractivity contribution in [2.45, 2.75) is 18.4 Å². The Morgan fingerprint density at radius 3 is 2.42 bits per heavy atom. The second-order valence-corrected chi connectivity index (χ2v) is 8.49. The number of methoxy groups -OCH3 is 2. The molecule has 2 N–H and O–H groups in total. The Bertz CT molecular complexity index is 1190. The molecule has 162 valence electrons. The molecule has 0 aliphatic rings. The Kier molecular flexibility index (Phi) is 6.81. The summed E-state index contributed by atoms with van der Waals surface area (Å²) < 4.78 is 38.6. The number of nitrogens with one attached hydrogen (secondary N) is 2. The van der Waals surface area contributed by atoms with Gasteiger partial charge in [0.15, 0.2) is 0 Å². The summed E-state index contributed by atoms with van der Waals surface area (Å²) in [6.45, 7) is 2.03. The smallest absolute Gasteiger partial charge is 0.261 e. The summed E-state index contributed by atoms with van der Waals surface area (Å²) in [5.41, 5.74) is 2.29. The van der Waals surface area contributed by atoms with Crippen molar-refractivity contribution in [1.82, 2.24) is 5.32 Å². The number of aryl methyl sites for hydroxylation is 1. The third kappa shape index (κ3) is 5.35. The van der Waals surface area contributed by atoms with Gasteiger partial charge in [0.25, 0.3) is 15.9 Å². The summed E-state index contributed by atoms with van der Waals surface area (Å²) in [7, 11) is -0.743. The molecule has 3 aromatic rings. The lowest BCUT2D eigenvalue weighted by molar-refractivity contribution is 0.0950. The predicted molar refractivity (Wildman–Crippen MR) is 119 cm³/mol. The largest absolute Gasteiger partial charge is 0.497 e. The molecular weight excluding hydrogens is 416 g/mol. The number of ether oxygens (including phenoxy) is 2. The van der Waals surface area contributed by atoms with E-state index in [9.17, 15) is 13.2 Å². The first kappa shape index (κ1) is 22.2. The summed E-state index contributed by atoms with van der Waals surface area (Å²) in [5, 5.41) is 2.79. The van der Waals surface area contributed by atoms with Crippen molar-refractivity contribution < 1.29 is 22.7 Å². The van der Waals surface area contributed by atoms with Crippen molar-refractivity contribution >= 4 is 21.6 Å². The number of rotatable bonds is 8. The summed E-state index contributed by atoms with van der Waals surface area (Å²) >= 11 is 0. The van der Waals surface area contributed by atoms with E-state index in [1.807, 2.05) is 19.1 Å². The van der Waals surface area contributed by atoms with E-state index in [0.29, 0.717) is 17.2 Å². The van der Waals surface area contributed by atoms with E-state index in [2.05, 4.69) is 10.0 Å². The van der Waals surface area contributed by atoms with Crippen LogP contribution in [-0.2, 0) is 16.6 Å². The molecule has 3 aromatic carbocycles. The van der Waals surface area contributed by atoms with Gasteiger partial charge in [-0.15, -0.1) is 0 Å². The van der Waals surface area contributed by atoms with Crippen LogP contribution in [0.25, 0.3) is 0 Å². The molecule has 0 saturated heterocycles. The molecule has 0 aliphatic carbocycles. The highest BCUT2D eigenvalue weighted by atomic mass is 32.2. The summed E-state index contributed by atoms with van der Waals surface area (Å²) in [6, 6.07) is 18.3. The van der Waals surface area contributed by atoms with Crippen molar-refractivity contribution in [3.05, 3.63) is 83.4 Å². The summed E-state index contributed by atoms with van der Waals surface area (Å²) in [5.74, 6) is 0.829. The zero-order valence-electron chi connectivity index (χ0n) is 17.5. The van der Waals surface area contributed by atoms with Gasteiger partial charge in [0.2, 0.25) is 0 Å². The third-order valence-electron chi connectivity index (χ3n) is 4.73. The molecule has 8 heteroatoms. The molecule has 0 aromatic heterocycles. The summed E-state index contributed by atoms with van der Waals surface area (Å²) in [4.78, 5) is 12.6. The van der Waals surface area contributed by atoms with Crippen LogP contribution in [0.1, 0.15) is 21.5 Å². The maximum Gasteiger partial charge on any atom is 0.261 e. The topological polar surface area (TPSA) is 93.7 Å². The fourth-order valence-electron chi connectivity index (χ4n) is 2.97. The lowest BCUT2D eigenvalue weighted by Crippen LogP contribution is -2.23. The molecule has 7 nitrogen and oxygen atoms in total. The van der Waals surface area contributed by atoms with Crippen LogP contribution in [0, 0.1) is 6.92 Å². The van der Waals surface area contributed by atoms with Gasteiger partial charge in [-0.05, 0) is 48.9 Å². The molecular formula is C23H24N2O5S. The number of sulfonamides is 1. The molecule has 0 unspecified atom stereocenters. The second kappa shape index (κ2) is 9.53. The van der Waals surface area contributed by atoms with Gasteiger partial charge in [0.05, 0.1) is 24.8 Å². The summed E-state index contributed by atoms with van der Waals surface area (Å²) in [6.07, 6.45) is 0. The van der Waals surface area contributed by atoms with E-state index in [0.717, 1.165) is 11.1 Å². The van der Waals surface area contributed by atoms with Crippen LogP contribution in [0.4, 0.5) is 5.69 Å². The molecule has 0 saturated carbocycles. The van der Waals surface area contributed by atoms with Crippen molar-refractivity contribution in [2.24, 2.45) is 0 Å². The Morgan fingerprint density at radius 1 is 0.935 bits per heavy atom. The van der Waals surface area contributed by atoms with Crippen LogP contribution in [0.15, 0.2) is 71.6 Å². The van der Waals surface area contributed by atoms with Crippen molar-refractivity contribution in [3.63, 3.8) is 0 Å². The van der Waals surface area contributed by atoms with Crippen LogP contribution in [0.5, 0.6) is 11.5 Å². The molecule has 0 heterocycles. The monoisotopic (exact) mass is 440 g/mol. The number of para-hydroxylation sites is 1. The Morgan fingerprint density at radius 2 is 1.71 bits per heavy atom. The number of benzene rings is 3. The zero-order valence-corrected chi connectivity index (χ0v) is 18.3. The van der Waals surface area contributed by atoms with Gasteiger partial charge in [-0.2, -0.15) is 0 Å². The molecule has 31 heavy (non-hydrogen) atoms. The van der Waals surface area contributed by atoms with E-state index in [-0.39, 0.29) is 17.0 Å². The number of carbonyl (C=O) groups excluding carboxylic acids is 1. The van der Waals surface area contributed by atoms with Gasteiger partial charge in [0, 0.05) is 23.7 Å². The van der Waals surface area contributed by atoms with Gasteiger partial charge >= 0.3 is 0 Å². The Hall–Kier alpha value is -3.52. The highest BCUT2D eigenvalue weighted by Crippen LogP contribution is 2.25. The number of hydrogen-bond donors (Lipinski definition) is 2. The lowest BCUT2D eigenvalue weighted by Gasteiger charge is -2.13. The number of carbonyl (C=O) groups is 1. The van der Waals surface area contributed by atoms with Gasteiger partial charge in [-0.3, -0.25) is 9.52 Å². The first-order valence-corrected chi connectivity index (χ1v) is 11.0. The molecule has 0 fully saturated rings. The van der Waals surface area contributed by atoms with E-state index in [1.54, 1.807) is 43.5 Å². The Labute approximate surface area is 182 Å². The van der Waals surface area contributed by atoms with Gasteiger partial charge in [-0.1, -0.05) is 24.3 Å².